The number of rotatable bonds is 6. The molecule has 0 N–H and O–H groups in total. The number of benzene rings is 2. The Morgan fingerprint density at radius 2 is 1.13 bits per heavy atom. The average molecular weight is 403 g/mol. The third-order valence-corrected chi connectivity index (χ3v) is 6.58. The second-order valence-electron chi connectivity index (χ2n) is 8.82. The van der Waals surface area contributed by atoms with Crippen LogP contribution in [0.4, 0.5) is 0 Å². The van der Waals surface area contributed by atoms with Crippen LogP contribution < -0.4 is 0 Å². The molecule has 1 saturated carbocycles. The van der Waals surface area contributed by atoms with Crippen LogP contribution in [0.2, 0.25) is 0 Å². The van der Waals surface area contributed by atoms with Gasteiger partial charge < -0.3 is 9.47 Å². The van der Waals surface area contributed by atoms with Crippen LogP contribution in [0.25, 0.3) is 0 Å². The van der Waals surface area contributed by atoms with Gasteiger partial charge in [0, 0.05) is 0 Å². The quantitative estimate of drug-likeness (QED) is 0.681. The van der Waals surface area contributed by atoms with Crippen molar-refractivity contribution in [1.82, 2.24) is 0 Å². The summed E-state index contributed by atoms with van der Waals surface area (Å²) in [5.41, 5.74) is 2.37. The van der Waals surface area contributed by atoms with Crippen LogP contribution in [0.15, 0.2) is 70.6 Å². The first-order chi connectivity index (χ1) is 14.8. The van der Waals surface area contributed by atoms with Crippen LogP contribution in [0, 0.1) is 5.41 Å². The van der Waals surface area contributed by atoms with E-state index in [0.717, 1.165) is 37.5 Å². The van der Waals surface area contributed by atoms with Gasteiger partial charge in [0.25, 0.3) is 0 Å². The highest BCUT2D eigenvalue weighted by molar-refractivity contribution is 6.06. The van der Waals surface area contributed by atoms with E-state index < -0.39 is 0 Å². The van der Waals surface area contributed by atoms with Gasteiger partial charge in [-0.25, -0.2) is 9.98 Å². The standard InChI is InChI=1S/C26H30N2O2/c1-4-10-20(11-5-1)16-22-18-29-24(27-22)26(14-8-3-9-15-26)25-28-23(19-30-25)17-21-12-6-2-7-13-21/h1-2,4-7,10-13,22-23H,3,8-9,14-19H2. The van der Waals surface area contributed by atoms with Gasteiger partial charge in [-0.3, -0.25) is 0 Å². The van der Waals surface area contributed by atoms with Gasteiger partial charge in [0.1, 0.15) is 18.6 Å². The van der Waals surface area contributed by atoms with Gasteiger partial charge in [-0.05, 0) is 36.8 Å². The number of aliphatic imine (C=N–C) groups is 2. The van der Waals surface area contributed by atoms with E-state index in [4.69, 9.17) is 19.5 Å². The van der Waals surface area contributed by atoms with E-state index in [2.05, 4.69) is 60.7 Å². The van der Waals surface area contributed by atoms with Crippen molar-refractivity contribution in [2.45, 2.75) is 57.0 Å². The van der Waals surface area contributed by atoms with Crippen molar-refractivity contribution in [2.24, 2.45) is 15.4 Å². The average Bonchev–Trinajstić information content (AvgIpc) is 3.46. The molecule has 156 valence electrons. The zero-order valence-corrected chi connectivity index (χ0v) is 17.5. The topological polar surface area (TPSA) is 43.2 Å². The number of nitrogens with zero attached hydrogens (tertiary/aromatic N) is 2. The summed E-state index contributed by atoms with van der Waals surface area (Å²) in [7, 11) is 0. The number of hydrogen-bond acceptors (Lipinski definition) is 4. The number of hydrogen-bond donors (Lipinski definition) is 0. The third kappa shape index (κ3) is 4.00. The van der Waals surface area contributed by atoms with Gasteiger partial charge in [0.05, 0.1) is 12.1 Å². The van der Waals surface area contributed by atoms with E-state index in [9.17, 15) is 0 Å². The summed E-state index contributed by atoms with van der Waals surface area (Å²) in [5, 5.41) is 0. The summed E-state index contributed by atoms with van der Waals surface area (Å²) < 4.78 is 12.5. The largest absolute Gasteiger partial charge is 0.478 e. The van der Waals surface area contributed by atoms with Crippen LogP contribution in [0.3, 0.4) is 0 Å². The molecule has 0 spiro atoms. The molecule has 30 heavy (non-hydrogen) atoms. The fourth-order valence-corrected chi connectivity index (χ4v) is 5.01. The molecule has 0 aromatic heterocycles. The lowest BCUT2D eigenvalue weighted by atomic mass is 9.73. The second-order valence-corrected chi connectivity index (χ2v) is 8.82. The second kappa shape index (κ2) is 8.63. The molecule has 1 fully saturated rings. The van der Waals surface area contributed by atoms with Crippen molar-refractivity contribution >= 4 is 11.8 Å². The molecular formula is C26H30N2O2. The van der Waals surface area contributed by atoms with Gasteiger partial charge in [-0.2, -0.15) is 0 Å². The minimum absolute atomic E-state index is 0.184. The first-order valence-electron chi connectivity index (χ1n) is 11.3. The molecule has 2 aromatic carbocycles. The Morgan fingerprint density at radius 1 is 0.667 bits per heavy atom. The predicted molar refractivity (Wildman–Crippen MR) is 120 cm³/mol. The van der Waals surface area contributed by atoms with E-state index in [-0.39, 0.29) is 17.5 Å². The van der Waals surface area contributed by atoms with Crippen LogP contribution in [0.1, 0.15) is 43.2 Å². The summed E-state index contributed by atoms with van der Waals surface area (Å²) in [4.78, 5) is 10.1. The maximum atomic E-state index is 6.24. The van der Waals surface area contributed by atoms with E-state index >= 15 is 0 Å². The summed E-state index contributed by atoms with van der Waals surface area (Å²) >= 11 is 0. The first-order valence-corrected chi connectivity index (χ1v) is 11.3. The highest BCUT2D eigenvalue weighted by atomic mass is 16.5. The lowest BCUT2D eigenvalue weighted by molar-refractivity contribution is 0.219. The Labute approximate surface area is 179 Å². The van der Waals surface area contributed by atoms with Crippen LogP contribution in [-0.2, 0) is 22.3 Å². The Balaban J connectivity index is 1.36. The molecule has 0 radical (unpaired) electrons. The monoisotopic (exact) mass is 402 g/mol. The fraction of sp³-hybridized carbons (Fsp3) is 0.462. The van der Waals surface area contributed by atoms with E-state index in [1.165, 1.54) is 30.4 Å². The van der Waals surface area contributed by atoms with Crippen LogP contribution >= 0.6 is 0 Å². The fourth-order valence-electron chi connectivity index (χ4n) is 5.01. The van der Waals surface area contributed by atoms with Crippen LogP contribution in [0.5, 0.6) is 0 Å². The minimum Gasteiger partial charge on any atom is -0.478 e. The molecule has 5 rings (SSSR count). The van der Waals surface area contributed by atoms with Gasteiger partial charge in [-0.15, -0.1) is 0 Å². The van der Waals surface area contributed by atoms with Crippen molar-refractivity contribution in [3.05, 3.63) is 71.8 Å². The molecule has 0 bridgehead atoms. The smallest absolute Gasteiger partial charge is 0.199 e. The van der Waals surface area contributed by atoms with Gasteiger partial charge in [0.15, 0.2) is 11.8 Å². The van der Waals surface area contributed by atoms with Gasteiger partial charge >= 0.3 is 0 Å². The minimum atomic E-state index is -0.255. The summed E-state index contributed by atoms with van der Waals surface area (Å²) in [6.07, 6.45) is 7.52. The molecule has 0 saturated heterocycles. The Morgan fingerprint density at radius 3 is 1.60 bits per heavy atom. The molecule has 2 aromatic rings. The lowest BCUT2D eigenvalue weighted by Gasteiger charge is -2.35. The van der Waals surface area contributed by atoms with Gasteiger partial charge in [0.2, 0.25) is 0 Å². The van der Waals surface area contributed by atoms with Crippen molar-refractivity contribution in [3.63, 3.8) is 0 Å². The molecule has 0 amide bonds. The predicted octanol–water partition coefficient (Wildman–Crippen LogP) is 5.02. The molecule has 4 nitrogen and oxygen atoms in total. The normalized spacial score (nSPS) is 25.2. The lowest BCUT2D eigenvalue weighted by Crippen LogP contribution is -2.41. The van der Waals surface area contributed by atoms with E-state index in [1.807, 2.05) is 0 Å². The third-order valence-electron chi connectivity index (χ3n) is 6.58. The molecule has 1 aliphatic carbocycles. The molecule has 4 heteroatoms. The zero-order chi connectivity index (χ0) is 20.2. The summed E-state index contributed by atoms with van der Waals surface area (Å²) in [6, 6.07) is 21.5. The maximum Gasteiger partial charge on any atom is 0.199 e. The molecule has 2 atom stereocenters. The van der Waals surface area contributed by atoms with Crippen molar-refractivity contribution in [1.29, 1.82) is 0 Å². The molecule has 2 unspecified atom stereocenters. The molecule has 3 aliphatic rings. The Hall–Kier alpha value is -2.62. The highest BCUT2D eigenvalue weighted by Gasteiger charge is 2.49. The maximum absolute atomic E-state index is 6.24. The molecular weight excluding hydrogens is 372 g/mol. The Bertz CT molecular complexity index is 832. The summed E-state index contributed by atoms with van der Waals surface area (Å²) in [6.45, 7) is 1.32. The van der Waals surface area contributed by atoms with Crippen molar-refractivity contribution in [2.75, 3.05) is 13.2 Å². The molecule has 2 aliphatic heterocycles. The van der Waals surface area contributed by atoms with Crippen LogP contribution in [-0.4, -0.2) is 37.1 Å². The zero-order valence-electron chi connectivity index (χ0n) is 17.5. The van der Waals surface area contributed by atoms with E-state index in [0.29, 0.717) is 13.2 Å². The Kier molecular flexibility index (Phi) is 5.56. The number of ether oxygens (including phenoxy) is 2. The van der Waals surface area contributed by atoms with Gasteiger partial charge in [-0.1, -0.05) is 79.9 Å². The highest BCUT2D eigenvalue weighted by Crippen LogP contribution is 2.43. The SMILES string of the molecule is c1ccc(CC2COC(C3(C4=NC(Cc5ccccc5)CO4)CCCCC3)=N2)cc1. The molecule has 2 heterocycles. The van der Waals surface area contributed by atoms with Crippen molar-refractivity contribution in [3.8, 4) is 0 Å². The van der Waals surface area contributed by atoms with E-state index in [1.54, 1.807) is 0 Å². The van der Waals surface area contributed by atoms with Crippen molar-refractivity contribution < 1.29 is 9.47 Å². The first kappa shape index (κ1) is 19.3. The summed E-state index contributed by atoms with van der Waals surface area (Å²) in [5.74, 6) is 1.75.